The molecule has 0 aliphatic carbocycles. The van der Waals surface area contributed by atoms with Crippen LogP contribution in [0.4, 0.5) is 4.79 Å². The quantitative estimate of drug-likeness (QED) is 0.596. The molecular weight excluding hydrogens is 346 g/mol. The number of rotatable bonds is 4. The second-order valence-corrected chi connectivity index (χ2v) is 7.09. The van der Waals surface area contributed by atoms with Gasteiger partial charge in [-0.25, -0.2) is 14.5 Å². The molecule has 144 valence electrons. The van der Waals surface area contributed by atoms with E-state index >= 15 is 0 Å². The Morgan fingerprint density at radius 2 is 1.89 bits per heavy atom. The van der Waals surface area contributed by atoms with E-state index in [4.69, 9.17) is 9.47 Å². The van der Waals surface area contributed by atoms with Gasteiger partial charge in [-0.15, -0.1) is 0 Å². The Morgan fingerprint density at radius 3 is 2.48 bits per heavy atom. The standard InChI is InChI=1S/C21H25NO5/c1-5-26-19(24)17-14-16(13-9-12-15-10-7-6-8-11-15)18(23)22(17)20(25)27-21(2,3)4/h6-13,17H,5,14H2,1-4H3/b12-9+,16-13+/t17-/m0/s1. The van der Waals surface area contributed by atoms with Crippen molar-refractivity contribution in [2.45, 2.75) is 45.8 Å². The van der Waals surface area contributed by atoms with Crippen LogP contribution in [-0.2, 0) is 19.1 Å². The molecule has 1 atom stereocenters. The summed E-state index contributed by atoms with van der Waals surface area (Å²) in [5.74, 6) is -1.16. The summed E-state index contributed by atoms with van der Waals surface area (Å²) in [5.41, 5.74) is 0.549. The summed E-state index contributed by atoms with van der Waals surface area (Å²) in [6.45, 7) is 6.93. The second kappa shape index (κ2) is 8.66. The third-order valence-corrected chi connectivity index (χ3v) is 3.75. The maximum atomic E-state index is 12.7. The smallest absolute Gasteiger partial charge is 0.418 e. The molecule has 27 heavy (non-hydrogen) atoms. The summed E-state index contributed by atoms with van der Waals surface area (Å²) in [6.07, 6.45) is 4.43. The Labute approximate surface area is 159 Å². The van der Waals surface area contributed by atoms with E-state index in [2.05, 4.69) is 0 Å². The highest BCUT2D eigenvalue weighted by Gasteiger charge is 2.45. The lowest BCUT2D eigenvalue weighted by atomic mass is 10.1. The van der Waals surface area contributed by atoms with Crippen molar-refractivity contribution >= 4 is 24.0 Å². The van der Waals surface area contributed by atoms with Crippen molar-refractivity contribution < 1.29 is 23.9 Å². The molecule has 0 saturated carbocycles. The molecule has 1 aliphatic heterocycles. The van der Waals surface area contributed by atoms with Crippen LogP contribution in [0.3, 0.4) is 0 Å². The predicted octanol–water partition coefficient (Wildman–Crippen LogP) is 3.73. The zero-order chi connectivity index (χ0) is 20.0. The number of amides is 2. The van der Waals surface area contributed by atoms with E-state index in [0.29, 0.717) is 5.57 Å². The van der Waals surface area contributed by atoms with Crippen LogP contribution < -0.4 is 0 Å². The van der Waals surface area contributed by atoms with Crippen LogP contribution >= 0.6 is 0 Å². The van der Waals surface area contributed by atoms with Crippen molar-refractivity contribution in [1.82, 2.24) is 4.90 Å². The molecule has 2 rings (SSSR count). The fraction of sp³-hybridized carbons (Fsp3) is 0.381. The molecule has 2 amide bonds. The Hall–Kier alpha value is -2.89. The van der Waals surface area contributed by atoms with Gasteiger partial charge in [0, 0.05) is 12.0 Å². The number of ether oxygens (including phenoxy) is 2. The topological polar surface area (TPSA) is 72.9 Å². The fourth-order valence-corrected chi connectivity index (χ4v) is 2.61. The van der Waals surface area contributed by atoms with Crippen molar-refractivity contribution in [3.8, 4) is 0 Å². The number of carbonyl (C=O) groups excluding carboxylic acids is 3. The van der Waals surface area contributed by atoms with E-state index < -0.39 is 29.6 Å². The van der Waals surface area contributed by atoms with E-state index in [0.717, 1.165) is 10.5 Å². The van der Waals surface area contributed by atoms with Gasteiger partial charge in [-0.1, -0.05) is 48.6 Å². The molecule has 1 aliphatic rings. The van der Waals surface area contributed by atoms with Crippen LogP contribution in [0.2, 0.25) is 0 Å². The molecule has 0 bridgehead atoms. The number of likely N-dealkylation sites (tertiary alicyclic amines) is 1. The van der Waals surface area contributed by atoms with Crippen LogP contribution in [0.5, 0.6) is 0 Å². The van der Waals surface area contributed by atoms with E-state index in [1.807, 2.05) is 36.4 Å². The number of nitrogens with zero attached hydrogens (tertiary/aromatic N) is 1. The average Bonchev–Trinajstić information content (AvgIpc) is 2.91. The number of imide groups is 1. The minimum Gasteiger partial charge on any atom is -0.464 e. The number of benzene rings is 1. The van der Waals surface area contributed by atoms with Gasteiger partial charge in [-0.2, -0.15) is 0 Å². The van der Waals surface area contributed by atoms with Crippen LogP contribution in [0.25, 0.3) is 6.08 Å². The van der Waals surface area contributed by atoms with Gasteiger partial charge in [0.25, 0.3) is 5.91 Å². The molecule has 1 saturated heterocycles. The van der Waals surface area contributed by atoms with E-state index in [-0.39, 0.29) is 13.0 Å². The highest BCUT2D eigenvalue weighted by molar-refractivity contribution is 6.09. The lowest BCUT2D eigenvalue weighted by molar-refractivity contribution is -0.150. The van der Waals surface area contributed by atoms with Gasteiger partial charge in [0.05, 0.1) is 6.61 Å². The second-order valence-electron chi connectivity index (χ2n) is 7.09. The minimum absolute atomic E-state index is 0.0933. The van der Waals surface area contributed by atoms with Crippen molar-refractivity contribution in [3.63, 3.8) is 0 Å². The Morgan fingerprint density at radius 1 is 1.22 bits per heavy atom. The summed E-state index contributed by atoms with van der Waals surface area (Å²) < 4.78 is 10.3. The first-order valence-corrected chi connectivity index (χ1v) is 8.88. The normalized spacial score (nSPS) is 19.0. The van der Waals surface area contributed by atoms with Gasteiger partial charge >= 0.3 is 12.1 Å². The number of hydrogen-bond acceptors (Lipinski definition) is 5. The van der Waals surface area contributed by atoms with Gasteiger partial charge in [-0.05, 0) is 33.3 Å². The first-order valence-electron chi connectivity index (χ1n) is 8.88. The summed E-state index contributed by atoms with van der Waals surface area (Å²) in [7, 11) is 0. The number of esters is 1. The molecule has 0 spiro atoms. The Balaban J connectivity index is 2.24. The molecule has 0 unspecified atom stereocenters. The molecule has 6 nitrogen and oxygen atoms in total. The maximum Gasteiger partial charge on any atom is 0.418 e. The highest BCUT2D eigenvalue weighted by atomic mass is 16.6. The van der Waals surface area contributed by atoms with Crippen LogP contribution in [0.1, 0.15) is 39.7 Å². The number of allylic oxidation sites excluding steroid dienone is 2. The zero-order valence-electron chi connectivity index (χ0n) is 16.1. The third kappa shape index (κ3) is 5.54. The van der Waals surface area contributed by atoms with E-state index in [9.17, 15) is 14.4 Å². The lowest BCUT2D eigenvalue weighted by Gasteiger charge is -2.26. The van der Waals surface area contributed by atoms with Crippen molar-refractivity contribution in [2.75, 3.05) is 6.61 Å². The van der Waals surface area contributed by atoms with Gasteiger partial charge in [0.1, 0.15) is 11.6 Å². The first-order chi connectivity index (χ1) is 12.7. The Bertz CT molecular complexity index is 759. The van der Waals surface area contributed by atoms with Crippen LogP contribution in [-0.4, -0.2) is 41.1 Å². The lowest BCUT2D eigenvalue weighted by Crippen LogP contribution is -2.46. The summed E-state index contributed by atoms with van der Waals surface area (Å²) in [6, 6.07) is 8.59. The molecule has 1 fully saturated rings. The summed E-state index contributed by atoms with van der Waals surface area (Å²) in [5, 5.41) is 0. The largest absolute Gasteiger partial charge is 0.464 e. The van der Waals surface area contributed by atoms with Crippen molar-refractivity contribution in [2.24, 2.45) is 0 Å². The van der Waals surface area contributed by atoms with E-state index in [1.54, 1.807) is 39.8 Å². The van der Waals surface area contributed by atoms with Crippen molar-refractivity contribution in [3.05, 3.63) is 53.6 Å². The molecule has 0 radical (unpaired) electrons. The minimum atomic E-state index is -1.01. The summed E-state index contributed by atoms with van der Waals surface area (Å²) in [4.78, 5) is 38.3. The maximum absolute atomic E-state index is 12.7. The van der Waals surface area contributed by atoms with Gasteiger partial charge in [0.2, 0.25) is 0 Å². The highest BCUT2D eigenvalue weighted by Crippen LogP contribution is 2.27. The molecule has 1 aromatic rings. The molecule has 1 heterocycles. The van der Waals surface area contributed by atoms with E-state index in [1.165, 1.54) is 0 Å². The van der Waals surface area contributed by atoms with Crippen LogP contribution in [0.15, 0.2) is 48.1 Å². The average molecular weight is 371 g/mol. The van der Waals surface area contributed by atoms with Crippen LogP contribution in [0, 0.1) is 0 Å². The SMILES string of the molecule is CCOC(=O)[C@@H]1C/C(=C\C=C\c2ccccc2)C(=O)N1C(=O)OC(C)(C)C. The molecule has 0 aromatic heterocycles. The number of hydrogen-bond donors (Lipinski definition) is 0. The molecule has 1 aromatic carbocycles. The fourth-order valence-electron chi connectivity index (χ4n) is 2.61. The summed E-state index contributed by atoms with van der Waals surface area (Å²) >= 11 is 0. The molecular formula is C21H25NO5. The Kier molecular flexibility index (Phi) is 6.55. The van der Waals surface area contributed by atoms with Gasteiger partial charge in [-0.3, -0.25) is 4.79 Å². The molecule has 0 N–H and O–H groups in total. The predicted molar refractivity (Wildman–Crippen MR) is 102 cm³/mol. The molecule has 6 heteroatoms. The first kappa shape index (κ1) is 20.4. The monoisotopic (exact) mass is 371 g/mol. The van der Waals surface area contributed by atoms with Gasteiger partial charge in [0.15, 0.2) is 0 Å². The third-order valence-electron chi connectivity index (χ3n) is 3.75. The zero-order valence-corrected chi connectivity index (χ0v) is 16.1. The van der Waals surface area contributed by atoms with Crippen molar-refractivity contribution in [1.29, 1.82) is 0 Å². The van der Waals surface area contributed by atoms with Gasteiger partial charge < -0.3 is 9.47 Å². The number of carbonyl (C=O) groups is 3.